The first-order valence-corrected chi connectivity index (χ1v) is 8.31. The van der Waals surface area contributed by atoms with Gasteiger partial charge in [-0.3, -0.25) is 14.9 Å². The van der Waals surface area contributed by atoms with Gasteiger partial charge in [0.15, 0.2) is 5.69 Å². The summed E-state index contributed by atoms with van der Waals surface area (Å²) in [5, 5.41) is 33.5. The van der Waals surface area contributed by atoms with Crippen molar-refractivity contribution in [2.75, 3.05) is 0 Å². The van der Waals surface area contributed by atoms with Gasteiger partial charge in [-0.05, 0) is 42.0 Å². The van der Waals surface area contributed by atoms with Gasteiger partial charge in [0.05, 0.1) is 10.6 Å². The summed E-state index contributed by atoms with van der Waals surface area (Å²) in [6.07, 6.45) is 2.63. The lowest BCUT2D eigenvalue weighted by molar-refractivity contribution is -0.384. The molecule has 0 radical (unpaired) electrons. The summed E-state index contributed by atoms with van der Waals surface area (Å²) >= 11 is 0. The highest BCUT2D eigenvalue weighted by Crippen LogP contribution is 2.18. The number of hydrogen-bond donors (Lipinski definition) is 1. The van der Waals surface area contributed by atoms with Gasteiger partial charge in [-0.25, -0.2) is 9.18 Å². The van der Waals surface area contributed by atoms with Crippen molar-refractivity contribution in [3.05, 3.63) is 97.2 Å². The van der Waals surface area contributed by atoms with E-state index in [0.717, 1.165) is 12.1 Å². The Hall–Kier alpha value is -4.65. The van der Waals surface area contributed by atoms with Crippen molar-refractivity contribution in [2.45, 2.75) is 0 Å². The molecule has 10 heteroatoms. The second kappa shape index (κ2) is 8.15. The van der Waals surface area contributed by atoms with E-state index in [-0.39, 0.29) is 16.9 Å². The summed E-state index contributed by atoms with van der Waals surface area (Å²) in [5.41, 5.74) is -1.68. The second-order valence-corrected chi connectivity index (χ2v) is 5.93. The molecule has 0 bridgehead atoms. The summed E-state index contributed by atoms with van der Waals surface area (Å²) in [5.74, 6) is -2.04. The van der Waals surface area contributed by atoms with Gasteiger partial charge in [0.1, 0.15) is 17.4 Å². The lowest BCUT2D eigenvalue weighted by Gasteiger charge is -2.09. The maximum atomic E-state index is 13.2. The number of carbonyl (C=O) groups is 1. The molecule has 0 saturated heterocycles. The molecular weight excluding hydrogens is 395 g/mol. The Bertz CT molecular complexity index is 1270. The quantitative estimate of drug-likeness (QED) is 0.507. The fourth-order valence-electron chi connectivity index (χ4n) is 2.61. The number of aromatic nitrogens is 2. The molecule has 0 fully saturated rings. The van der Waals surface area contributed by atoms with Gasteiger partial charge in [-0.2, -0.15) is 15.0 Å². The fraction of sp³-hybridized carbons (Fsp3) is 0. The van der Waals surface area contributed by atoms with Crippen molar-refractivity contribution < 1.29 is 19.2 Å². The number of benzene rings is 2. The zero-order valence-electron chi connectivity index (χ0n) is 15.0. The Morgan fingerprint density at radius 1 is 1.17 bits per heavy atom. The Labute approximate surface area is 167 Å². The third-order valence-corrected chi connectivity index (χ3v) is 4.06. The van der Waals surface area contributed by atoms with E-state index >= 15 is 0 Å². The molecule has 0 aliphatic rings. The second-order valence-electron chi connectivity index (χ2n) is 5.93. The minimum atomic E-state index is -1.48. The van der Waals surface area contributed by atoms with Crippen molar-refractivity contribution in [3.63, 3.8) is 0 Å². The average Bonchev–Trinajstić information content (AvgIpc) is 2.73. The zero-order valence-corrected chi connectivity index (χ0v) is 15.0. The molecule has 1 heterocycles. The zero-order chi connectivity index (χ0) is 21.8. The molecule has 0 saturated carbocycles. The van der Waals surface area contributed by atoms with Gasteiger partial charge in [-0.15, -0.1) is 0 Å². The molecule has 2 aromatic carbocycles. The minimum Gasteiger partial charge on any atom is -0.476 e. The van der Waals surface area contributed by atoms with Gasteiger partial charge in [-0.1, -0.05) is 12.2 Å². The average molecular weight is 406 g/mol. The van der Waals surface area contributed by atoms with Crippen molar-refractivity contribution in [3.8, 4) is 11.8 Å². The van der Waals surface area contributed by atoms with Crippen LogP contribution in [0.2, 0.25) is 0 Å². The molecule has 3 aromatic rings. The molecule has 30 heavy (non-hydrogen) atoms. The van der Waals surface area contributed by atoms with Gasteiger partial charge >= 0.3 is 5.97 Å². The summed E-state index contributed by atoms with van der Waals surface area (Å²) in [6.45, 7) is 0. The molecule has 3 rings (SSSR count). The van der Waals surface area contributed by atoms with E-state index in [9.17, 15) is 34.5 Å². The van der Waals surface area contributed by atoms with E-state index in [2.05, 4.69) is 5.10 Å². The lowest BCUT2D eigenvalue weighted by Crippen LogP contribution is -2.28. The van der Waals surface area contributed by atoms with Crippen LogP contribution in [0.15, 0.2) is 53.3 Å². The molecule has 0 amide bonds. The number of nitriles is 1. The van der Waals surface area contributed by atoms with Crippen LogP contribution in [0, 0.1) is 27.3 Å². The van der Waals surface area contributed by atoms with E-state index in [0.29, 0.717) is 10.2 Å². The van der Waals surface area contributed by atoms with Gasteiger partial charge < -0.3 is 5.11 Å². The van der Waals surface area contributed by atoms with Crippen LogP contribution in [0.5, 0.6) is 0 Å². The Balaban J connectivity index is 2.14. The number of non-ortho nitro benzene ring substituents is 1. The number of nitrogens with zero attached hydrogens (tertiary/aromatic N) is 4. The molecule has 0 atom stereocenters. The van der Waals surface area contributed by atoms with Crippen LogP contribution in [-0.4, -0.2) is 25.8 Å². The topological polar surface area (TPSA) is 139 Å². The van der Waals surface area contributed by atoms with Gasteiger partial charge in [0.2, 0.25) is 0 Å². The summed E-state index contributed by atoms with van der Waals surface area (Å²) in [4.78, 5) is 34.6. The van der Waals surface area contributed by atoms with E-state index in [1.54, 1.807) is 6.07 Å². The predicted octanol–water partition coefficient (Wildman–Crippen LogP) is 3.02. The number of carboxylic acid groups (broad SMARTS) is 1. The largest absolute Gasteiger partial charge is 0.476 e. The van der Waals surface area contributed by atoms with Crippen LogP contribution >= 0.6 is 0 Å². The maximum absolute atomic E-state index is 13.2. The van der Waals surface area contributed by atoms with Crippen molar-refractivity contribution in [1.29, 1.82) is 5.26 Å². The van der Waals surface area contributed by atoms with E-state index < -0.39 is 33.5 Å². The Kier molecular flexibility index (Phi) is 5.46. The monoisotopic (exact) mass is 406 g/mol. The SMILES string of the molecule is N#Cc1c(/C=C\c2ccc([N+](=O)[O-])cc2)c(C(=O)O)nn(-c2ccc(F)cc2)c1=O. The molecule has 0 aliphatic heterocycles. The van der Waals surface area contributed by atoms with Gasteiger partial charge in [0, 0.05) is 17.7 Å². The molecule has 0 spiro atoms. The highest BCUT2D eigenvalue weighted by molar-refractivity contribution is 5.92. The van der Waals surface area contributed by atoms with E-state index in [1.807, 2.05) is 0 Å². The summed E-state index contributed by atoms with van der Waals surface area (Å²) in [6, 6.07) is 11.6. The first-order valence-electron chi connectivity index (χ1n) is 8.31. The van der Waals surface area contributed by atoms with Gasteiger partial charge in [0.25, 0.3) is 11.2 Å². The van der Waals surface area contributed by atoms with Crippen LogP contribution in [0.4, 0.5) is 10.1 Å². The summed E-state index contributed by atoms with van der Waals surface area (Å²) in [7, 11) is 0. The number of halogens is 1. The molecular formula is C20H11FN4O5. The molecule has 0 unspecified atom stereocenters. The standard InChI is InChI=1S/C20H11FN4O5/c21-13-4-8-14(9-5-13)24-19(26)17(11-22)16(18(23-24)20(27)28)10-3-12-1-6-15(7-2-12)25(29)30/h1-10H,(H,27,28)/b10-3-. The Morgan fingerprint density at radius 2 is 1.80 bits per heavy atom. The third kappa shape index (κ3) is 3.95. The smallest absolute Gasteiger partial charge is 0.357 e. The molecule has 1 aromatic heterocycles. The first kappa shape index (κ1) is 20.1. The highest BCUT2D eigenvalue weighted by atomic mass is 19.1. The number of carboxylic acids is 1. The Morgan fingerprint density at radius 3 is 2.33 bits per heavy atom. The van der Waals surface area contributed by atoms with Crippen LogP contribution in [0.3, 0.4) is 0 Å². The fourth-order valence-corrected chi connectivity index (χ4v) is 2.61. The van der Waals surface area contributed by atoms with Crippen molar-refractivity contribution in [1.82, 2.24) is 9.78 Å². The molecule has 0 aliphatic carbocycles. The number of aromatic carboxylic acids is 1. The summed E-state index contributed by atoms with van der Waals surface area (Å²) < 4.78 is 13.9. The van der Waals surface area contributed by atoms with E-state index in [4.69, 9.17) is 0 Å². The highest BCUT2D eigenvalue weighted by Gasteiger charge is 2.21. The molecule has 148 valence electrons. The van der Waals surface area contributed by atoms with Crippen LogP contribution in [-0.2, 0) is 0 Å². The predicted molar refractivity (Wildman–Crippen MR) is 103 cm³/mol. The number of rotatable bonds is 5. The molecule has 9 nitrogen and oxygen atoms in total. The lowest BCUT2D eigenvalue weighted by atomic mass is 10.1. The minimum absolute atomic E-state index is 0.0892. The normalized spacial score (nSPS) is 10.7. The number of hydrogen-bond acceptors (Lipinski definition) is 6. The van der Waals surface area contributed by atoms with Crippen LogP contribution in [0.1, 0.15) is 27.2 Å². The van der Waals surface area contributed by atoms with Crippen LogP contribution in [0.25, 0.3) is 17.8 Å². The van der Waals surface area contributed by atoms with Crippen molar-refractivity contribution >= 4 is 23.8 Å². The molecule has 1 N–H and O–H groups in total. The van der Waals surface area contributed by atoms with Crippen LogP contribution < -0.4 is 5.56 Å². The first-order chi connectivity index (χ1) is 14.3. The number of nitro benzene ring substituents is 1. The number of nitro groups is 1. The third-order valence-electron chi connectivity index (χ3n) is 4.06. The van der Waals surface area contributed by atoms with E-state index in [1.165, 1.54) is 48.6 Å². The van der Waals surface area contributed by atoms with Crippen molar-refractivity contribution in [2.24, 2.45) is 0 Å². The maximum Gasteiger partial charge on any atom is 0.357 e.